The Labute approximate surface area is 94.1 Å². The SMILES string of the molecule is OC(Cc1nc2ccccc2o1)C1CCC1. The van der Waals surface area contributed by atoms with Crippen molar-refractivity contribution in [1.29, 1.82) is 0 Å². The first-order valence-electron chi connectivity index (χ1n) is 5.85. The number of hydrogen-bond acceptors (Lipinski definition) is 3. The van der Waals surface area contributed by atoms with Crippen LogP contribution in [0.15, 0.2) is 28.7 Å². The summed E-state index contributed by atoms with van der Waals surface area (Å²) < 4.78 is 5.59. The molecule has 3 heteroatoms. The molecule has 1 aromatic heterocycles. The van der Waals surface area contributed by atoms with Crippen molar-refractivity contribution in [2.24, 2.45) is 5.92 Å². The van der Waals surface area contributed by atoms with E-state index < -0.39 is 0 Å². The highest BCUT2D eigenvalue weighted by molar-refractivity contribution is 5.72. The molecule has 1 aromatic carbocycles. The number of hydrogen-bond donors (Lipinski definition) is 1. The lowest BCUT2D eigenvalue weighted by Crippen LogP contribution is -2.28. The molecule has 0 amide bonds. The van der Waals surface area contributed by atoms with Gasteiger partial charge in [0.25, 0.3) is 0 Å². The zero-order chi connectivity index (χ0) is 11.0. The smallest absolute Gasteiger partial charge is 0.198 e. The molecule has 0 spiro atoms. The molecule has 0 bridgehead atoms. The summed E-state index contributed by atoms with van der Waals surface area (Å²) in [6, 6.07) is 7.70. The molecule has 1 heterocycles. The first kappa shape index (κ1) is 9.85. The molecule has 3 nitrogen and oxygen atoms in total. The fourth-order valence-electron chi connectivity index (χ4n) is 2.18. The third-order valence-corrected chi connectivity index (χ3v) is 3.42. The van der Waals surface area contributed by atoms with E-state index in [1.807, 2.05) is 24.3 Å². The molecule has 0 saturated heterocycles. The van der Waals surface area contributed by atoms with E-state index in [9.17, 15) is 5.11 Å². The third kappa shape index (κ3) is 1.71. The van der Waals surface area contributed by atoms with Crippen LogP contribution in [0.5, 0.6) is 0 Å². The van der Waals surface area contributed by atoms with Gasteiger partial charge in [0, 0.05) is 0 Å². The lowest BCUT2D eigenvalue weighted by Gasteiger charge is -2.29. The van der Waals surface area contributed by atoms with Gasteiger partial charge < -0.3 is 9.52 Å². The molecular formula is C13H15NO2. The molecule has 84 valence electrons. The minimum atomic E-state index is -0.290. The van der Waals surface area contributed by atoms with Gasteiger partial charge >= 0.3 is 0 Å². The molecule has 0 radical (unpaired) electrons. The monoisotopic (exact) mass is 217 g/mol. The zero-order valence-corrected chi connectivity index (χ0v) is 9.10. The van der Waals surface area contributed by atoms with Gasteiger partial charge in [0.15, 0.2) is 11.5 Å². The second-order valence-corrected chi connectivity index (χ2v) is 4.54. The fraction of sp³-hybridized carbons (Fsp3) is 0.462. The lowest BCUT2D eigenvalue weighted by atomic mass is 9.80. The van der Waals surface area contributed by atoms with Crippen LogP contribution in [-0.4, -0.2) is 16.2 Å². The third-order valence-electron chi connectivity index (χ3n) is 3.42. The van der Waals surface area contributed by atoms with Crippen LogP contribution < -0.4 is 0 Å². The summed E-state index contributed by atoms with van der Waals surface area (Å²) in [4.78, 5) is 4.37. The van der Waals surface area contributed by atoms with Gasteiger partial charge in [0.05, 0.1) is 12.5 Å². The topological polar surface area (TPSA) is 46.3 Å². The number of benzene rings is 1. The van der Waals surface area contributed by atoms with Crippen molar-refractivity contribution in [2.45, 2.75) is 31.8 Å². The minimum Gasteiger partial charge on any atom is -0.441 e. The predicted octanol–water partition coefficient (Wildman–Crippen LogP) is 2.53. The number of aromatic nitrogens is 1. The summed E-state index contributed by atoms with van der Waals surface area (Å²) in [6.45, 7) is 0. The van der Waals surface area contributed by atoms with Crippen LogP contribution >= 0.6 is 0 Å². The number of aliphatic hydroxyl groups excluding tert-OH is 1. The lowest BCUT2D eigenvalue weighted by molar-refractivity contribution is 0.0582. The van der Waals surface area contributed by atoms with Gasteiger partial charge in [-0.25, -0.2) is 4.98 Å². The van der Waals surface area contributed by atoms with Gasteiger partial charge in [-0.2, -0.15) is 0 Å². The fourth-order valence-corrected chi connectivity index (χ4v) is 2.18. The highest BCUT2D eigenvalue weighted by Gasteiger charge is 2.26. The van der Waals surface area contributed by atoms with E-state index in [-0.39, 0.29) is 6.10 Å². The summed E-state index contributed by atoms with van der Waals surface area (Å²) in [5, 5.41) is 9.95. The van der Waals surface area contributed by atoms with Crippen LogP contribution in [0, 0.1) is 5.92 Å². The maximum Gasteiger partial charge on any atom is 0.198 e. The maximum atomic E-state index is 9.95. The molecule has 3 rings (SSSR count). The van der Waals surface area contributed by atoms with E-state index in [2.05, 4.69) is 4.98 Å². The number of fused-ring (bicyclic) bond motifs is 1. The number of rotatable bonds is 3. The number of nitrogens with zero attached hydrogens (tertiary/aromatic N) is 1. The van der Waals surface area contributed by atoms with Crippen LogP contribution in [0.4, 0.5) is 0 Å². The summed E-state index contributed by atoms with van der Waals surface area (Å²) >= 11 is 0. The quantitative estimate of drug-likeness (QED) is 0.859. The van der Waals surface area contributed by atoms with Crippen molar-refractivity contribution >= 4 is 11.1 Å². The molecule has 1 N–H and O–H groups in total. The van der Waals surface area contributed by atoms with Crippen LogP contribution in [0.2, 0.25) is 0 Å². The van der Waals surface area contributed by atoms with E-state index in [0.29, 0.717) is 18.2 Å². The summed E-state index contributed by atoms with van der Waals surface area (Å²) in [5.41, 5.74) is 1.68. The predicted molar refractivity (Wildman–Crippen MR) is 61.1 cm³/mol. The van der Waals surface area contributed by atoms with Crippen molar-refractivity contribution in [2.75, 3.05) is 0 Å². The first-order chi connectivity index (χ1) is 7.83. The van der Waals surface area contributed by atoms with Gasteiger partial charge in [-0.15, -0.1) is 0 Å². The minimum absolute atomic E-state index is 0.290. The average Bonchev–Trinajstić information content (AvgIpc) is 2.56. The van der Waals surface area contributed by atoms with Gasteiger partial charge in [-0.05, 0) is 30.9 Å². The van der Waals surface area contributed by atoms with Crippen molar-refractivity contribution in [1.82, 2.24) is 4.98 Å². The molecule has 1 unspecified atom stereocenters. The van der Waals surface area contributed by atoms with Crippen molar-refractivity contribution in [3.8, 4) is 0 Å². The Morgan fingerprint density at radius 3 is 2.88 bits per heavy atom. The Bertz CT molecular complexity index is 454. The van der Waals surface area contributed by atoms with E-state index in [4.69, 9.17) is 4.42 Å². The van der Waals surface area contributed by atoms with Crippen molar-refractivity contribution in [3.63, 3.8) is 0 Å². The van der Waals surface area contributed by atoms with E-state index >= 15 is 0 Å². The van der Waals surface area contributed by atoms with E-state index in [0.717, 1.165) is 23.9 Å². The highest BCUT2D eigenvalue weighted by atomic mass is 16.4. The highest BCUT2D eigenvalue weighted by Crippen LogP contribution is 2.31. The Hall–Kier alpha value is -1.35. The Morgan fingerprint density at radius 2 is 2.19 bits per heavy atom. The first-order valence-corrected chi connectivity index (χ1v) is 5.85. The average molecular weight is 217 g/mol. The van der Waals surface area contributed by atoms with Gasteiger partial charge in [0.1, 0.15) is 5.52 Å². The second-order valence-electron chi connectivity index (χ2n) is 4.54. The van der Waals surface area contributed by atoms with Gasteiger partial charge in [0.2, 0.25) is 0 Å². The van der Waals surface area contributed by atoms with Gasteiger partial charge in [-0.3, -0.25) is 0 Å². The van der Waals surface area contributed by atoms with E-state index in [1.165, 1.54) is 6.42 Å². The Morgan fingerprint density at radius 1 is 1.38 bits per heavy atom. The molecule has 1 aliphatic rings. The number of oxazole rings is 1. The zero-order valence-electron chi connectivity index (χ0n) is 9.10. The summed E-state index contributed by atoms with van der Waals surface area (Å²) in [6.07, 6.45) is 3.78. The van der Waals surface area contributed by atoms with Crippen LogP contribution in [0.3, 0.4) is 0 Å². The van der Waals surface area contributed by atoms with E-state index in [1.54, 1.807) is 0 Å². The number of aliphatic hydroxyl groups is 1. The molecule has 16 heavy (non-hydrogen) atoms. The van der Waals surface area contributed by atoms with Crippen molar-refractivity contribution < 1.29 is 9.52 Å². The van der Waals surface area contributed by atoms with Crippen LogP contribution in [0.1, 0.15) is 25.2 Å². The Kier molecular flexibility index (Phi) is 2.40. The maximum absolute atomic E-state index is 9.95. The standard InChI is InChI=1S/C13H15NO2/c15-11(9-4-3-5-9)8-13-14-10-6-1-2-7-12(10)16-13/h1-2,6-7,9,11,15H,3-5,8H2. The molecular weight excluding hydrogens is 202 g/mol. The number of para-hydroxylation sites is 2. The molecule has 1 saturated carbocycles. The van der Waals surface area contributed by atoms with Gasteiger partial charge in [-0.1, -0.05) is 18.6 Å². The summed E-state index contributed by atoms with van der Waals surface area (Å²) in [5.74, 6) is 1.11. The summed E-state index contributed by atoms with van der Waals surface area (Å²) in [7, 11) is 0. The molecule has 1 atom stereocenters. The molecule has 2 aromatic rings. The largest absolute Gasteiger partial charge is 0.441 e. The molecule has 1 aliphatic carbocycles. The Balaban J connectivity index is 1.78. The van der Waals surface area contributed by atoms with Crippen LogP contribution in [0.25, 0.3) is 11.1 Å². The normalized spacial score (nSPS) is 18.6. The van der Waals surface area contributed by atoms with Crippen molar-refractivity contribution in [3.05, 3.63) is 30.2 Å². The molecule has 1 fully saturated rings. The molecule has 0 aliphatic heterocycles. The second kappa shape index (κ2) is 3.91. The van der Waals surface area contributed by atoms with Crippen LogP contribution in [-0.2, 0) is 6.42 Å².